The summed E-state index contributed by atoms with van der Waals surface area (Å²) in [6.07, 6.45) is 0. The SMILES string of the molecule is Cc1cc(C)c2sc(N(Cc3ccccc3)C(=O)C(c3ccccc3)c3ccccc3)nc2c1. The second-order valence-corrected chi connectivity index (χ2v) is 9.57. The maximum atomic E-state index is 14.4. The van der Waals surface area contributed by atoms with Crippen LogP contribution in [0.2, 0.25) is 0 Å². The molecule has 34 heavy (non-hydrogen) atoms. The maximum absolute atomic E-state index is 14.4. The summed E-state index contributed by atoms with van der Waals surface area (Å²) >= 11 is 1.59. The molecule has 1 aromatic heterocycles. The number of hydrogen-bond donors (Lipinski definition) is 0. The fourth-order valence-electron chi connectivity index (χ4n) is 4.41. The third-order valence-electron chi connectivity index (χ3n) is 6.00. The highest BCUT2D eigenvalue weighted by atomic mass is 32.1. The van der Waals surface area contributed by atoms with Crippen LogP contribution in [0.3, 0.4) is 0 Å². The molecule has 4 aromatic carbocycles. The first kappa shape index (κ1) is 22.1. The molecule has 0 saturated heterocycles. The number of thiazole rings is 1. The van der Waals surface area contributed by atoms with Crippen molar-refractivity contribution in [1.82, 2.24) is 4.98 Å². The minimum absolute atomic E-state index is 0.0229. The highest BCUT2D eigenvalue weighted by molar-refractivity contribution is 7.22. The highest BCUT2D eigenvalue weighted by Crippen LogP contribution is 2.36. The molecule has 0 unspecified atom stereocenters. The minimum Gasteiger partial charge on any atom is -0.283 e. The molecule has 0 bridgehead atoms. The van der Waals surface area contributed by atoms with Gasteiger partial charge in [0.1, 0.15) is 0 Å². The van der Waals surface area contributed by atoms with E-state index in [1.165, 1.54) is 11.1 Å². The van der Waals surface area contributed by atoms with Crippen LogP contribution in [0.15, 0.2) is 103 Å². The second-order valence-electron chi connectivity index (χ2n) is 8.59. The Balaban J connectivity index is 1.64. The maximum Gasteiger partial charge on any atom is 0.241 e. The molecule has 0 radical (unpaired) electrons. The summed E-state index contributed by atoms with van der Waals surface area (Å²) in [6.45, 7) is 4.66. The molecule has 4 heteroatoms. The normalized spacial score (nSPS) is 11.1. The van der Waals surface area contributed by atoms with E-state index in [4.69, 9.17) is 4.98 Å². The zero-order valence-electron chi connectivity index (χ0n) is 19.3. The molecule has 1 heterocycles. The summed E-state index contributed by atoms with van der Waals surface area (Å²) in [4.78, 5) is 21.2. The molecule has 1 amide bonds. The van der Waals surface area contributed by atoms with Crippen LogP contribution in [0.1, 0.15) is 33.7 Å². The van der Waals surface area contributed by atoms with Gasteiger partial charge in [-0.25, -0.2) is 4.98 Å². The average Bonchev–Trinajstić information content (AvgIpc) is 3.29. The molecule has 0 spiro atoms. The van der Waals surface area contributed by atoms with E-state index < -0.39 is 5.92 Å². The van der Waals surface area contributed by atoms with E-state index in [1.807, 2.05) is 83.8 Å². The average molecular weight is 463 g/mol. The Morgan fingerprint density at radius 1 is 0.824 bits per heavy atom. The van der Waals surface area contributed by atoms with E-state index in [1.54, 1.807) is 11.3 Å². The molecule has 0 N–H and O–H groups in total. The van der Waals surface area contributed by atoms with E-state index in [0.29, 0.717) is 6.54 Å². The minimum atomic E-state index is -0.416. The van der Waals surface area contributed by atoms with Crippen LogP contribution in [-0.4, -0.2) is 10.9 Å². The number of carbonyl (C=O) groups excluding carboxylic acids is 1. The van der Waals surface area contributed by atoms with Crippen molar-refractivity contribution >= 4 is 32.6 Å². The lowest BCUT2D eigenvalue weighted by Crippen LogP contribution is -2.35. The van der Waals surface area contributed by atoms with Crippen molar-refractivity contribution < 1.29 is 4.79 Å². The molecule has 3 nitrogen and oxygen atoms in total. The number of aromatic nitrogens is 1. The Morgan fingerprint density at radius 3 is 1.97 bits per heavy atom. The molecule has 0 fully saturated rings. The Morgan fingerprint density at radius 2 is 1.38 bits per heavy atom. The van der Waals surface area contributed by atoms with Gasteiger partial charge in [-0.3, -0.25) is 9.69 Å². The van der Waals surface area contributed by atoms with Gasteiger partial charge < -0.3 is 0 Å². The molecular weight excluding hydrogens is 436 g/mol. The number of nitrogens with zero attached hydrogens (tertiary/aromatic N) is 2. The number of carbonyl (C=O) groups is 1. The van der Waals surface area contributed by atoms with Crippen LogP contribution >= 0.6 is 11.3 Å². The van der Waals surface area contributed by atoms with Gasteiger partial charge >= 0.3 is 0 Å². The highest BCUT2D eigenvalue weighted by Gasteiger charge is 2.30. The van der Waals surface area contributed by atoms with E-state index in [0.717, 1.165) is 32.0 Å². The summed E-state index contributed by atoms with van der Waals surface area (Å²) in [5.74, 6) is -0.393. The number of anilines is 1. The molecule has 0 saturated carbocycles. The van der Waals surface area contributed by atoms with Gasteiger partial charge in [-0.05, 0) is 47.7 Å². The zero-order valence-corrected chi connectivity index (χ0v) is 20.1. The van der Waals surface area contributed by atoms with E-state index >= 15 is 0 Å². The lowest BCUT2D eigenvalue weighted by atomic mass is 9.90. The van der Waals surface area contributed by atoms with Crippen LogP contribution in [0.4, 0.5) is 5.13 Å². The van der Waals surface area contributed by atoms with Crippen molar-refractivity contribution in [1.29, 1.82) is 0 Å². The Kier molecular flexibility index (Phi) is 6.24. The van der Waals surface area contributed by atoms with E-state index in [-0.39, 0.29) is 5.91 Å². The second kappa shape index (κ2) is 9.62. The molecule has 0 atom stereocenters. The third kappa shape index (κ3) is 4.50. The summed E-state index contributed by atoms with van der Waals surface area (Å²) in [6, 6.07) is 34.4. The summed E-state index contributed by atoms with van der Waals surface area (Å²) in [5.41, 5.74) is 6.33. The Hall–Kier alpha value is -3.76. The lowest BCUT2D eigenvalue weighted by Gasteiger charge is -2.26. The Labute approximate surface area is 204 Å². The van der Waals surface area contributed by atoms with Crippen molar-refractivity contribution in [3.8, 4) is 0 Å². The number of rotatable bonds is 6. The predicted molar refractivity (Wildman–Crippen MR) is 141 cm³/mol. The van der Waals surface area contributed by atoms with Crippen molar-refractivity contribution in [2.24, 2.45) is 0 Å². The number of amides is 1. The zero-order chi connectivity index (χ0) is 23.5. The molecule has 0 aliphatic rings. The van der Waals surface area contributed by atoms with E-state index in [9.17, 15) is 4.79 Å². The van der Waals surface area contributed by atoms with Crippen molar-refractivity contribution in [2.45, 2.75) is 26.3 Å². The quantitative estimate of drug-likeness (QED) is 0.266. The Bertz CT molecular complexity index is 1370. The van der Waals surface area contributed by atoms with Gasteiger partial charge in [-0.2, -0.15) is 0 Å². The van der Waals surface area contributed by atoms with Gasteiger partial charge in [0, 0.05) is 0 Å². The fraction of sp³-hybridized carbons (Fsp3) is 0.133. The van der Waals surface area contributed by atoms with Crippen molar-refractivity contribution in [3.05, 3.63) is 131 Å². The van der Waals surface area contributed by atoms with Gasteiger partial charge in [0.2, 0.25) is 5.91 Å². The van der Waals surface area contributed by atoms with Crippen molar-refractivity contribution in [2.75, 3.05) is 4.90 Å². The van der Waals surface area contributed by atoms with Crippen molar-refractivity contribution in [3.63, 3.8) is 0 Å². The van der Waals surface area contributed by atoms with Gasteiger partial charge in [-0.1, -0.05) is 108 Å². The monoisotopic (exact) mass is 462 g/mol. The van der Waals surface area contributed by atoms with Crippen LogP contribution < -0.4 is 4.90 Å². The number of hydrogen-bond acceptors (Lipinski definition) is 3. The molecule has 0 aliphatic carbocycles. The van der Waals surface area contributed by atoms with Gasteiger partial charge in [0.25, 0.3) is 0 Å². The lowest BCUT2D eigenvalue weighted by molar-refractivity contribution is -0.119. The number of fused-ring (bicyclic) bond motifs is 1. The first-order chi connectivity index (χ1) is 16.6. The molecule has 5 rings (SSSR count). The smallest absolute Gasteiger partial charge is 0.241 e. The number of aryl methyl sites for hydroxylation is 2. The van der Waals surface area contributed by atoms with Gasteiger partial charge in [0.05, 0.1) is 22.7 Å². The van der Waals surface area contributed by atoms with Crippen LogP contribution in [0, 0.1) is 13.8 Å². The van der Waals surface area contributed by atoms with Gasteiger partial charge in [0.15, 0.2) is 5.13 Å². The fourth-order valence-corrected chi connectivity index (χ4v) is 5.43. The van der Waals surface area contributed by atoms with Crippen LogP contribution in [0.25, 0.3) is 10.2 Å². The first-order valence-electron chi connectivity index (χ1n) is 11.4. The van der Waals surface area contributed by atoms with Crippen LogP contribution in [-0.2, 0) is 11.3 Å². The van der Waals surface area contributed by atoms with E-state index in [2.05, 4.69) is 38.1 Å². The number of benzene rings is 4. The molecule has 0 aliphatic heterocycles. The molecular formula is C30H26N2OS. The predicted octanol–water partition coefficient (Wildman–Crippen LogP) is 7.28. The largest absolute Gasteiger partial charge is 0.283 e. The summed E-state index contributed by atoms with van der Waals surface area (Å²) in [7, 11) is 0. The third-order valence-corrected chi connectivity index (χ3v) is 7.23. The standard InChI is InChI=1S/C30H26N2OS/c1-21-18-22(2)28-26(19-21)31-30(34-28)32(20-23-12-6-3-7-13-23)29(33)27(24-14-8-4-9-15-24)25-16-10-5-11-17-25/h3-19,27H,20H2,1-2H3. The molecule has 168 valence electrons. The van der Waals surface area contributed by atoms with Crippen LogP contribution in [0.5, 0.6) is 0 Å². The van der Waals surface area contributed by atoms with Gasteiger partial charge in [-0.15, -0.1) is 0 Å². The summed E-state index contributed by atoms with van der Waals surface area (Å²) in [5, 5.41) is 0.731. The summed E-state index contributed by atoms with van der Waals surface area (Å²) < 4.78 is 1.13. The first-order valence-corrected chi connectivity index (χ1v) is 12.2. The molecule has 5 aromatic rings. The topological polar surface area (TPSA) is 33.2 Å².